The number of hydrogen-bond donors (Lipinski definition) is 2. The Bertz CT molecular complexity index is 448. The molecule has 4 heteroatoms. The zero-order valence-corrected chi connectivity index (χ0v) is 11.6. The van der Waals surface area contributed by atoms with Crippen LogP contribution < -0.4 is 15.8 Å². The Morgan fingerprint density at radius 1 is 1.47 bits per heavy atom. The quantitative estimate of drug-likeness (QED) is 0.872. The van der Waals surface area contributed by atoms with E-state index in [1.54, 1.807) is 7.11 Å². The molecule has 1 amide bonds. The molecule has 3 N–H and O–H groups in total. The van der Waals surface area contributed by atoms with Crippen LogP contribution in [0.1, 0.15) is 37.8 Å². The van der Waals surface area contributed by atoms with E-state index in [1.807, 2.05) is 31.2 Å². The smallest absolute Gasteiger partial charge is 0.225 e. The summed E-state index contributed by atoms with van der Waals surface area (Å²) in [5.74, 6) is 0.838. The van der Waals surface area contributed by atoms with E-state index in [1.165, 1.54) is 0 Å². The van der Waals surface area contributed by atoms with Gasteiger partial charge in [-0.15, -0.1) is 0 Å². The highest BCUT2D eigenvalue weighted by molar-refractivity contribution is 5.80. The lowest BCUT2D eigenvalue weighted by Crippen LogP contribution is -2.39. The van der Waals surface area contributed by atoms with Gasteiger partial charge in [-0.05, 0) is 37.5 Å². The van der Waals surface area contributed by atoms with Gasteiger partial charge in [-0.1, -0.05) is 18.6 Å². The van der Waals surface area contributed by atoms with Crippen LogP contribution in [0.3, 0.4) is 0 Å². The first-order valence-electron chi connectivity index (χ1n) is 6.81. The van der Waals surface area contributed by atoms with Crippen molar-refractivity contribution in [3.63, 3.8) is 0 Å². The highest BCUT2D eigenvalue weighted by Crippen LogP contribution is 2.25. The lowest BCUT2D eigenvalue weighted by molar-refractivity contribution is -0.125. The van der Waals surface area contributed by atoms with Crippen LogP contribution in [0.2, 0.25) is 0 Å². The number of hydrogen-bond acceptors (Lipinski definition) is 3. The summed E-state index contributed by atoms with van der Waals surface area (Å²) >= 11 is 0. The number of amides is 1. The Kier molecular flexibility index (Phi) is 4.43. The van der Waals surface area contributed by atoms with Crippen LogP contribution in [0.15, 0.2) is 24.3 Å². The first-order valence-corrected chi connectivity index (χ1v) is 6.81. The van der Waals surface area contributed by atoms with Gasteiger partial charge in [0.1, 0.15) is 5.75 Å². The molecule has 0 radical (unpaired) electrons. The summed E-state index contributed by atoms with van der Waals surface area (Å²) in [6.07, 6.45) is 2.90. The summed E-state index contributed by atoms with van der Waals surface area (Å²) in [4.78, 5) is 12.2. The highest BCUT2D eigenvalue weighted by atomic mass is 16.5. The maximum atomic E-state index is 12.2. The maximum Gasteiger partial charge on any atom is 0.225 e. The molecule has 4 nitrogen and oxygen atoms in total. The average molecular weight is 262 g/mol. The van der Waals surface area contributed by atoms with Gasteiger partial charge in [0.15, 0.2) is 0 Å². The van der Waals surface area contributed by atoms with Crippen LogP contribution in [-0.2, 0) is 4.79 Å². The Morgan fingerprint density at radius 3 is 2.89 bits per heavy atom. The number of nitrogens with two attached hydrogens (primary N) is 1. The van der Waals surface area contributed by atoms with E-state index in [0.29, 0.717) is 0 Å². The second-order valence-corrected chi connectivity index (χ2v) is 5.21. The van der Waals surface area contributed by atoms with Crippen molar-refractivity contribution < 1.29 is 9.53 Å². The third-order valence-corrected chi connectivity index (χ3v) is 3.86. The van der Waals surface area contributed by atoms with Gasteiger partial charge < -0.3 is 15.8 Å². The number of carbonyl (C=O) groups excluding carboxylic acids is 1. The van der Waals surface area contributed by atoms with Crippen molar-refractivity contribution in [2.75, 3.05) is 7.11 Å². The molecule has 1 saturated carbocycles. The van der Waals surface area contributed by atoms with E-state index in [0.717, 1.165) is 30.6 Å². The summed E-state index contributed by atoms with van der Waals surface area (Å²) in [5, 5.41) is 3.05. The van der Waals surface area contributed by atoms with Gasteiger partial charge in [0, 0.05) is 6.04 Å². The number of carbonyl (C=O) groups is 1. The second kappa shape index (κ2) is 6.06. The minimum absolute atomic E-state index is 0.0116. The molecule has 1 aliphatic carbocycles. The SMILES string of the molecule is COc1cccc([C@@H](C)NC(=O)C2CCCC2N)c1. The molecule has 3 atom stereocenters. The van der Waals surface area contributed by atoms with Gasteiger partial charge in [-0.3, -0.25) is 4.79 Å². The standard InChI is InChI=1S/C15H22N2O2/c1-10(11-5-3-6-12(9-11)19-2)17-15(18)13-7-4-8-14(13)16/h3,5-6,9-10,13-14H,4,7-8,16H2,1-2H3,(H,17,18)/t10-,13?,14?/m1/s1. The maximum absolute atomic E-state index is 12.2. The second-order valence-electron chi connectivity index (χ2n) is 5.21. The zero-order chi connectivity index (χ0) is 13.8. The van der Waals surface area contributed by atoms with Gasteiger partial charge in [0.05, 0.1) is 19.1 Å². The van der Waals surface area contributed by atoms with Crippen LogP contribution in [0.5, 0.6) is 5.75 Å². The van der Waals surface area contributed by atoms with Gasteiger partial charge in [-0.25, -0.2) is 0 Å². The largest absolute Gasteiger partial charge is 0.497 e. The molecule has 19 heavy (non-hydrogen) atoms. The monoisotopic (exact) mass is 262 g/mol. The van der Waals surface area contributed by atoms with Gasteiger partial charge >= 0.3 is 0 Å². The van der Waals surface area contributed by atoms with Crippen LogP contribution in [0.4, 0.5) is 0 Å². The van der Waals surface area contributed by atoms with E-state index in [2.05, 4.69) is 5.32 Å². The van der Waals surface area contributed by atoms with Crippen molar-refractivity contribution in [1.82, 2.24) is 5.32 Å². The number of benzene rings is 1. The molecular formula is C15H22N2O2. The molecular weight excluding hydrogens is 240 g/mol. The van der Waals surface area contributed by atoms with Crippen LogP contribution >= 0.6 is 0 Å². The highest BCUT2D eigenvalue weighted by Gasteiger charge is 2.30. The molecule has 0 heterocycles. The molecule has 1 aromatic carbocycles. The average Bonchev–Trinajstić information content (AvgIpc) is 2.85. The van der Waals surface area contributed by atoms with Crippen LogP contribution in [-0.4, -0.2) is 19.1 Å². The van der Waals surface area contributed by atoms with Crippen molar-refractivity contribution in [3.05, 3.63) is 29.8 Å². The first kappa shape index (κ1) is 13.9. The molecule has 0 spiro atoms. The fourth-order valence-corrected chi connectivity index (χ4v) is 2.63. The molecule has 2 rings (SSSR count). The summed E-state index contributed by atoms with van der Waals surface area (Å²) in [6.45, 7) is 1.98. The van der Waals surface area contributed by atoms with E-state index < -0.39 is 0 Å². The first-order chi connectivity index (χ1) is 9.11. The van der Waals surface area contributed by atoms with E-state index in [-0.39, 0.29) is 23.9 Å². The number of rotatable bonds is 4. The third-order valence-electron chi connectivity index (χ3n) is 3.86. The topological polar surface area (TPSA) is 64.3 Å². The Morgan fingerprint density at radius 2 is 2.26 bits per heavy atom. The number of methoxy groups -OCH3 is 1. The van der Waals surface area contributed by atoms with Crippen molar-refractivity contribution in [2.45, 2.75) is 38.3 Å². The lowest BCUT2D eigenvalue weighted by Gasteiger charge is -2.20. The summed E-state index contributed by atoms with van der Waals surface area (Å²) in [7, 11) is 1.64. The van der Waals surface area contributed by atoms with Gasteiger partial charge in [0.2, 0.25) is 5.91 Å². The number of ether oxygens (including phenoxy) is 1. The van der Waals surface area contributed by atoms with Crippen LogP contribution in [0, 0.1) is 5.92 Å². The summed E-state index contributed by atoms with van der Waals surface area (Å²) in [5.41, 5.74) is 7.00. The normalized spacial score (nSPS) is 23.9. The Balaban J connectivity index is 1.99. The zero-order valence-electron chi connectivity index (χ0n) is 11.6. The molecule has 1 fully saturated rings. The minimum Gasteiger partial charge on any atom is -0.497 e. The number of nitrogens with one attached hydrogen (secondary N) is 1. The third kappa shape index (κ3) is 3.26. The molecule has 104 valence electrons. The predicted octanol–water partition coefficient (Wildman–Crippen LogP) is 2.00. The van der Waals surface area contributed by atoms with Crippen molar-refractivity contribution >= 4 is 5.91 Å². The molecule has 2 unspecified atom stereocenters. The molecule has 1 aliphatic rings. The van der Waals surface area contributed by atoms with E-state index >= 15 is 0 Å². The predicted molar refractivity (Wildman–Crippen MR) is 74.9 cm³/mol. The van der Waals surface area contributed by atoms with Gasteiger partial charge in [0.25, 0.3) is 0 Å². The Labute approximate surface area is 114 Å². The van der Waals surface area contributed by atoms with Crippen molar-refractivity contribution in [2.24, 2.45) is 11.7 Å². The molecule has 0 aromatic heterocycles. The Hall–Kier alpha value is -1.55. The molecule has 0 saturated heterocycles. The van der Waals surface area contributed by atoms with Gasteiger partial charge in [-0.2, -0.15) is 0 Å². The lowest BCUT2D eigenvalue weighted by atomic mass is 10.0. The summed E-state index contributed by atoms with van der Waals surface area (Å²) in [6, 6.07) is 7.73. The minimum atomic E-state index is -0.0342. The molecule has 1 aromatic rings. The fourth-order valence-electron chi connectivity index (χ4n) is 2.63. The van der Waals surface area contributed by atoms with Crippen molar-refractivity contribution in [1.29, 1.82) is 0 Å². The van der Waals surface area contributed by atoms with E-state index in [9.17, 15) is 4.79 Å². The summed E-state index contributed by atoms with van der Waals surface area (Å²) < 4.78 is 5.19. The molecule has 0 aliphatic heterocycles. The molecule has 0 bridgehead atoms. The van der Waals surface area contributed by atoms with Crippen molar-refractivity contribution in [3.8, 4) is 5.75 Å². The van der Waals surface area contributed by atoms with E-state index in [4.69, 9.17) is 10.5 Å². The fraction of sp³-hybridized carbons (Fsp3) is 0.533. The van der Waals surface area contributed by atoms with Crippen LogP contribution in [0.25, 0.3) is 0 Å².